The van der Waals surface area contributed by atoms with Crippen molar-refractivity contribution >= 4 is 0 Å². The zero-order valence-electron chi connectivity index (χ0n) is 13.7. The van der Waals surface area contributed by atoms with Crippen LogP contribution in [0.2, 0.25) is 0 Å². The topological polar surface area (TPSA) is 60.0 Å². The summed E-state index contributed by atoms with van der Waals surface area (Å²) in [5.74, 6) is 2.40. The van der Waals surface area contributed by atoms with Gasteiger partial charge in [0, 0.05) is 18.5 Å². The molecule has 1 fully saturated rings. The van der Waals surface area contributed by atoms with Crippen molar-refractivity contribution in [2.24, 2.45) is 5.92 Å². The van der Waals surface area contributed by atoms with Gasteiger partial charge in [-0.1, -0.05) is 20.8 Å². The predicted octanol–water partition coefficient (Wildman–Crippen LogP) is 2.48. The molecule has 2 aromatic heterocycles. The molecule has 1 aliphatic rings. The van der Waals surface area contributed by atoms with Gasteiger partial charge in [0.05, 0.1) is 12.7 Å². The number of rotatable bonds is 4. The van der Waals surface area contributed by atoms with Crippen LogP contribution in [0, 0.1) is 5.92 Å². The summed E-state index contributed by atoms with van der Waals surface area (Å²) in [7, 11) is 0. The van der Waals surface area contributed by atoms with E-state index in [-0.39, 0.29) is 5.41 Å². The Bertz CT molecular complexity index is 584. The van der Waals surface area contributed by atoms with Gasteiger partial charge in [0.15, 0.2) is 0 Å². The second-order valence-electron chi connectivity index (χ2n) is 7.23. The Morgan fingerprint density at radius 3 is 2.91 bits per heavy atom. The van der Waals surface area contributed by atoms with Crippen molar-refractivity contribution in [3.8, 4) is 0 Å². The van der Waals surface area contributed by atoms with E-state index < -0.39 is 0 Å². The zero-order chi connectivity index (χ0) is 15.6. The van der Waals surface area contributed by atoms with Crippen LogP contribution < -0.4 is 0 Å². The maximum absolute atomic E-state index is 5.91. The van der Waals surface area contributed by atoms with Gasteiger partial charge in [-0.15, -0.1) is 0 Å². The second kappa shape index (κ2) is 6.20. The largest absolute Gasteiger partial charge is 0.444 e. The first-order valence-corrected chi connectivity index (χ1v) is 8.00. The molecule has 0 aliphatic carbocycles. The first-order valence-electron chi connectivity index (χ1n) is 8.00. The number of piperidine rings is 1. The molecule has 1 atom stereocenters. The van der Waals surface area contributed by atoms with E-state index in [2.05, 4.69) is 40.7 Å². The molecule has 0 saturated carbocycles. The summed E-state index contributed by atoms with van der Waals surface area (Å²) in [6, 6.07) is 0. The van der Waals surface area contributed by atoms with Gasteiger partial charge < -0.3 is 4.42 Å². The van der Waals surface area contributed by atoms with Crippen molar-refractivity contribution in [2.75, 3.05) is 13.1 Å². The summed E-state index contributed by atoms with van der Waals surface area (Å²) in [6.07, 6.45) is 7.72. The van der Waals surface area contributed by atoms with Crippen molar-refractivity contribution in [1.29, 1.82) is 0 Å². The molecule has 120 valence electrons. The Kier molecular flexibility index (Phi) is 4.29. The third-order valence-electron chi connectivity index (χ3n) is 4.17. The molecule has 1 saturated heterocycles. The molecule has 0 bridgehead atoms. The molecule has 22 heavy (non-hydrogen) atoms. The lowest BCUT2D eigenvalue weighted by Gasteiger charge is -2.31. The molecule has 1 unspecified atom stereocenters. The van der Waals surface area contributed by atoms with Crippen molar-refractivity contribution in [3.63, 3.8) is 0 Å². The number of nitrogens with zero attached hydrogens (tertiary/aromatic N) is 5. The van der Waals surface area contributed by atoms with Gasteiger partial charge in [0.25, 0.3) is 0 Å². The molecular formula is C16H25N5O. The molecule has 0 amide bonds. The Morgan fingerprint density at radius 1 is 1.36 bits per heavy atom. The average Bonchev–Trinajstić information content (AvgIpc) is 3.10. The lowest BCUT2D eigenvalue weighted by Crippen LogP contribution is -2.36. The molecule has 1 aliphatic heterocycles. The molecule has 3 rings (SSSR count). The fraction of sp³-hybridized carbons (Fsp3) is 0.688. The molecule has 6 heteroatoms. The SMILES string of the molecule is CC(C)(C)c1cnc(CN2CCCC(Cn3cncn3)C2)o1. The van der Waals surface area contributed by atoms with Crippen LogP contribution in [-0.2, 0) is 18.5 Å². The van der Waals surface area contributed by atoms with E-state index in [4.69, 9.17) is 4.42 Å². The molecule has 3 heterocycles. The van der Waals surface area contributed by atoms with E-state index >= 15 is 0 Å². The monoisotopic (exact) mass is 303 g/mol. The Labute approximate surface area is 131 Å². The van der Waals surface area contributed by atoms with E-state index in [1.54, 1.807) is 12.7 Å². The highest BCUT2D eigenvalue weighted by atomic mass is 16.4. The summed E-state index contributed by atoms with van der Waals surface area (Å²) in [4.78, 5) is 10.9. The summed E-state index contributed by atoms with van der Waals surface area (Å²) < 4.78 is 7.84. The Balaban J connectivity index is 1.57. The van der Waals surface area contributed by atoms with Crippen LogP contribution in [0.25, 0.3) is 0 Å². The third-order valence-corrected chi connectivity index (χ3v) is 4.17. The molecule has 6 nitrogen and oxygen atoms in total. The lowest BCUT2D eigenvalue weighted by molar-refractivity contribution is 0.140. The van der Waals surface area contributed by atoms with E-state index in [1.807, 2.05) is 10.9 Å². The molecule has 2 aromatic rings. The van der Waals surface area contributed by atoms with Gasteiger partial charge in [0.2, 0.25) is 5.89 Å². The highest BCUT2D eigenvalue weighted by Gasteiger charge is 2.23. The summed E-state index contributed by atoms with van der Waals surface area (Å²) >= 11 is 0. The van der Waals surface area contributed by atoms with Crippen molar-refractivity contribution in [3.05, 3.63) is 30.5 Å². The predicted molar refractivity (Wildman–Crippen MR) is 83.2 cm³/mol. The highest BCUT2D eigenvalue weighted by molar-refractivity contribution is 5.06. The maximum Gasteiger partial charge on any atom is 0.208 e. The van der Waals surface area contributed by atoms with Crippen LogP contribution in [0.5, 0.6) is 0 Å². The van der Waals surface area contributed by atoms with E-state index in [0.717, 1.165) is 37.8 Å². The van der Waals surface area contributed by atoms with Crippen molar-refractivity contribution < 1.29 is 4.42 Å². The van der Waals surface area contributed by atoms with Crippen LogP contribution in [0.4, 0.5) is 0 Å². The third kappa shape index (κ3) is 3.74. The molecule has 0 N–H and O–H groups in total. The van der Waals surface area contributed by atoms with Crippen LogP contribution in [0.3, 0.4) is 0 Å². The Hall–Kier alpha value is -1.69. The summed E-state index contributed by atoms with van der Waals surface area (Å²) in [5, 5.41) is 4.21. The number of oxazole rings is 1. The van der Waals surface area contributed by atoms with E-state index in [0.29, 0.717) is 5.92 Å². The van der Waals surface area contributed by atoms with Crippen LogP contribution in [-0.4, -0.2) is 37.7 Å². The van der Waals surface area contributed by atoms with Crippen LogP contribution in [0.1, 0.15) is 45.3 Å². The lowest BCUT2D eigenvalue weighted by atomic mass is 9.94. The fourth-order valence-electron chi connectivity index (χ4n) is 2.96. The second-order valence-corrected chi connectivity index (χ2v) is 7.23. The zero-order valence-corrected chi connectivity index (χ0v) is 13.7. The maximum atomic E-state index is 5.91. The Morgan fingerprint density at radius 2 is 2.23 bits per heavy atom. The molecule has 0 aromatic carbocycles. The standard InChI is InChI=1S/C16H25N5O/c1-16(2,3)14-7-18-15(22-14)10-20-6-4-5-13(8-20)9-21-12-17-11-19-21/h7,11-13H,4-6,8-10H2,1-3H3. The van der Waals surface area contributed by atoms with E-state index in [9.17, 15) is 0 Å². The van der Waals surface area contributed by atoms with Crippen molar-refractivity contribution in [1.82, 2.24) is 24.6 Å². The first kappa shape index (κ1) is 15.2. The van der Waals surface area contributed by atoms with Gasteiger partial charge in [0.1, 0.15) is 18.4 Å². The molecular weight excluding hydrogens is 278 g/mol. The normalized spacial score (nSPS) is 20.4. The van der Waals surface area contributed by atoms with E-state index in [1.165, 1.54) is 12.8 Å². The van der Waals surface area contributed by atoms with Crippen LogP contribution in [0.15, 0.2) is 23.3 Å². The quantitative estimate of drug-likeness (QED) is 0.868. The molecule has 0 spiro atoms. The number of aromatic nitrogens is 4. The van der Waals surface area contributed by atoms with Crippen LogP contribution >= 0.6 is 0 Å². The number of hydrogen-bond donors (Lipinski definition) is 0. The minimum atomic E-state index is 0.0166. The highest BCUT2D eigenvalue weighted by Crippen LogP contribution is 2.24. The van der Waals surface area contributed by atoms with Gasteiger partial charge in [-0.05, 0) is 25.3 Å². The molecule has 0 radical (unpaired) electrons. The fourth-order valence-corrected chi connectivity index (χ4v) is 2.96. The number of likely N-dealkylation sites (tertiary alicyclic amines) is 1. The van der Waals surface area contributed by atoms with Gasteiger partial charge in [-0.2, -0.15) is 5.10 Å². The van der Waals surface area contributed by atoms with Gasteiger partial charge in [-0.3, -0.25) is 9.58 Å². The minimum Gasteiger partial charge on any atom is -0.444 e. The van der Waals surface area contributed by atoms with Crippen molar-refractivity contribution in [2.45, 2.75) is 52.1 Å². The average molecular weight is 303 g/mol. The minimum absolute atomic E-state index is 0.0166. The van der Waals surface area contributed by atoms with Gasteiger partial charge >= 0.3 is 0 Å². The smallest absolute Gasteiger partial charge is 0.208 e. The van der Waals surface area contributed by atoms with Gasteiger partial charge in [-0.25, -0.2) is 9.97 Å². The number of hydrogen-bond acceptors (Lipinski definition) is 5. The summed E-state index contributed by atoms with van der Waals surface area (Å²) in [5.41, 5.74) is 0.0166. The first-order chi connectivity index (χ1) is 10.5. The summed E-state index contributed by atoms with van der Waals surface area (Å²) in [6.45, 7) is 10.3.